The molecule has 5 nitrogen and oxygen atoms in total. The third kappa shape index (κ3) is 5.48. The van der Waals surface area contributed by atoms with Gasteiger partial charge in [0.1, 0.15) is 11.9 Å². The first-order chi connectivity index (χ1) is 13.6. The van der Waals surface area contributed by atoms with Crippen molar-refractivity contribution in [1.82, 2.24) is 10.2 Å². The number of ether oxygens (including phenoxy) is 1. The Kier molecular flexibility index (Phi) is 7.74. The number of hydrogen-bond donors (Lipinski definition) is 1. The van der Waals surface area contributed by atoms with Crippen molar-refractivity contribution in [2.45, 2.75) is 70.1 Å². The van der Waals surface area contributed by atoms with Crippen LogP contribution in [-0.2, 0) is 14.3 Å². The van der Waals surface area contributed by atoms with Gasteiger partial charge in [-0.2, -0.15) is 0 Å². The maximum atomic E-state index is 13.3. The molecule has 1 saturated heterocycles. The molecule has 3 rings (SSSR count). The molecule has 154 valence electrons. The van der Waals surface area contributed by atoms with Crippen molar-refractivity contribution in [3.05, 3.63) is 35.4 Å². The molecule has 1 aliphatic carbocycles. The van der Waals surface area contributed by atoms with E-state index in [4.69, 9.17) is 16.3 Å². The number of benzene rings is 1. The zero-order valence-electron chi connectivity index (χ0n) is 16.7. The van der Waals surface area contributed by atoms with Crippen LogP contribution >= 0.6 is 11.6 Å². The smallest absolute Gasteiger partial charge is 0.247 e. The van der Waals surface area contributed by atoms with Crippen molar-refractivity contribution in [3.63, 3.8) is 0 Å². The van der Waals surface area contributed by atoms with Crippen LogP contribution in [0, 0.1) is 6.92 Å². The summed E-state index contributed by atoms with van der Waals surface area (Å²) in [5.74, 6) is -0.500. The molecule has 1 aromatic rings. The fourth-order valence-corrected chi connectivity index (χ4v) is 4.34. The molecule has 0 radical (unpaired) electrons. The standard InChI is InChI=1S/C22H31ClN2O3/c1-16-9-11-17(12-10-16)21(22(27)24-18-6-3-2-4-7-18)25(20(26)14-23)15-19-8-5-13-28-19/h9-12,18-19,21H,2-8,13-15H2,1H3,(H,24,27)/t19-,21+/m0/s1. The highest BCUT2D eigenvalue weighted by Gasteiger charge is 2.34. The number of halogens is 1. The topological polar surface area (TPSA) is 58.6 Å². The number of alkyl halides is 1. The Morgan fingerprint density at radius 3 is 2.46 bits per heavy atom. The van der Waals surface area contributed by atoms with Crippen molar-refractivity contribution in [3.8, 4) is 0 Å². The lowest BCUT2D eigenvalue weighted by Crippen LogP contribution is -2.49. The van der Waals surface area contributed by atoms with E-state index in [1.165, 1.54) is 6.42 Å². The number of nitrogens with zero attached hydrogens (tertiary/aromatic N) is 1. The van der Waals surface area contributed by atoms with E-state index in [9.17, 15) is 9.59 Å². The fourth-order valence-electron chi connectivity index (χ4n) is 4.18. The molecule has 2 fully saturated rings. The van der Waals surface area contributed by atoms with Crippen LogP contribution in [0.1, 0.15) is 62.1 Å². The number of nitrogens with one attached hydrogen (secondary N) is 1. The van der Waals surface area contributed by atoms with Crippen molar-refractivity contribution in [2.75, 3.05) is 19.0 Å². The zero-order chi connectivity index (χ0) is 19.9. The summed E-state index contributed by atoms with van der Waals surface area (Å²) in [6.07, 6.45) is 7.35. The van der Waals surface area contributed by atoms with E-state index < -0.39 is 6.04 Å². The molecule has 28 heavy (non-hydrogen) atoms. The van der Waals surface area contributed by atoms with E-state index in [1.807, 2.05) is 31.2 Å². The number of hydrogen-bond acceptors (Lipinski definition) is 3. The maximum absolute atomic E-state index is 13.3. The third-order valence-corrected chi connectivity index (χ3v) is 5.99. The van der Waals surface area contributed by atoms with Gasteiger partial charge in [-0.3, -0.25) is 9.59 Å². The van der Waals surface area contributed by atoms with Crippen LogP contribution < -0.4 is 5.32 Å². The van der Waals surface area contributed by atoms with E-state index in [0.717, 1.165) is 49.7 Å². The number of carbonyl (C=O) groups is 2. The predicted molar refractivity (Wildman–Crippen MR) is 110 cm³/mol. The highest BCUT2D eigenvalue weighted by Crippen LogP contribution is 2.26. The molecule has 0 aromatic heterocycles. The van der Waals surface area contributed by atoms with Crippen molar-refractivity contribution in [1.29, 1.82) is 0 Å². The second kappa shape index (κ2) is 10.3. The van der Waals surface area contributed by atoms with Crippen LogP contribution in [0.5, 0.6) is 0 Å². The molecule has 2 atom stereocenters. The summed E-state index contributed by atoms with van der Waals surface area (Å²) in [7, 11) is 0. The molecule has 0 bridgehead atoms. The number of amides is 2. The van der Waals surface area contributed by atoms with Crippen LogP contribution in [0.3, 0.4) is 0 Å². The highest BCUT2D eigenvalue weighted by atomic mass is 35.5. The molecule has 2 aliphatic rings. The molecule has 1 heterocycles. The Labute approximate surface area is 172 Å². The van der Waals surface area contributed by atoms with Crippen LogP contribution in [0.25, 0.3) is 0 Å². The maximum Gasteiger partial charge on any atom is 0.247 e. The fraction of sp³-hybridized carbons (Fsp3) is 0.636. The van der Waals surface area contributed by atoms with Gasteiger partial charge in [0.15, 0.2) is 0 Å². The average molecular weight is 407 g/mol. The number of aryl methyl sites for hydroxylation is 1. The summed E-state index contributed by atoms with van der Waals surface area (Å²) in [4.78, 5) is 27.7. The Morgan fingerprint density at radius 2 is 1.86 bits per heavy atom. The van der Waals surface area contributed by atoms with E-state index in [0.29, 0.717) is 13.2 Å². The van der Waals surface area contributed by atoms with Gasteiger partial charge < -0.3 is 15.0 Å². The Balaban J connectivity index is 1.85. The summed E-state index contributed by atoms with van der Waals surface area (Å²) in [6, 6.07) is 7.33. The van der Waals surface area contributed by atoms with Crippen molar-refractivity contribution < 1.29 is 14.3 Å². The van der Waals surface area contributed by atoms with Gasteiger partial charge in [-0.05, 0) is 38.2 Å². The number of carbonyl (C=O) groups excluding carboxylic acids is 2. The third-order valence-electron chi connectivity index (χ3n) is 5.76. The summed E-state index contributed by atoms with van der Waals surface area (Å²) >= 11 is 5.92. The molecule has 1 aliphatic heterocycles. The van der Waals surface area contributed by atoms with Crippen LogP contribution in [0.4, 0.5) is 0 Å². The molecule has 2 amide bonds. The lowest BCUT2D eigenvalue weighted by molar-refractivity contribution is -0.141. The van der Waals surface area contributed by atoms with Gasteiger partial charge in [0, 0.05) is 19.2 Å². The lowest BCUT2D eigenvalue weighted by atomic mass is 9.94. The minimum absolute atomic E-state index is 0.0393. The second-order valence-electron chi connectivity index (χ2n) is 7.97. The predicted octanol–water partition coefficient (Wildman–Crippen LogP) is 3.73. The largest absolute Gasteiger partial charge is 0.376 e. The van der Waals surface area contributed by atoms with E-state index >= 15 is 0 Å². The first-order valence-corrected chi connectivity index (χ1v) is 11.0. The summed E-state index contributed by atoms with van der Waals surface area (Å²) < 4.78 is 5.74. The highest BCUT2D eigenvalue weighted by molar-refractivity contribution is 6.27. The van der Waals surface area contributed by atoms with Gasteiger partial charge >= 0.3 is 0 Å². The molecule has 0 spiro atoms. The van der Waals surface area contributed by atoms with Gasteiger partial charge in [0.2, 0.25) is 11.8 Å². The van der Waals surface area contributed by atoms with Crippen LogP contribution in [-0.4, -0.2) is 47.9 Å². The molecular weight excluding hydrogens is 376 g/mol. The van der Waals surface area contributed by atoms with E-state index in [1.54, 1.807) is 4.90 Å². The van der Waals surface area contributed by atoms with Crippen molar-refractivity contribution in [2.24, 2.45) is 0 Å². The molecule has 1 N–H and O–H groups in total. The minimum Gasteiger partial charge on any atom is -0.376 e. The summed E-state index contributed by atoms with van der Waals surface area (Å²) in [5.41, 5.74) is 1.93. The lowest BCUT2D eigenvalue weighted by Gasteiger charge is -2.34. The molecule has 1 aromatic carbocycles. The van der Waals surface area contributed by atoms with Gasteiger partial charge in [-0.25, -0.2) is 0 Å². The summed E-state index contributed by atoms with van der Waals surface area (Å²) in [5, 5.41) is 3.20. The number of rotatable bonds is 7. The first-order valence-electron chi connectivity index (χ1n) is 10.4. The summed E-state index contributed by atoms with van der Waals surface area (Å²) in [6.45, 7) is 3.11. The van der Waals surface area contributed by atoms with Crippen LogP contribution in [0.15, 0.2) is 24.3 Å². The van der Waals surface area contributed by atoms with Gasteiger partial charge in [0.05, 0.1) is 6.10 Å². The van der Waals surface area contributed by atoms with Crippen LogP contribution in [0.2, 0.25) is 0 Å². The SMILES string of the molecule is Cc1ccc([C@H](C(=O)NC2CCCCC2)N(C[C@@H]2CCCO2)C(=O)CCl)cc1. The first kappa shape index (κ1) is 21.1. The van der Waals surface area contributed by atoms with Gasteiger partial charge in [-0.15, -0.1) is 11.6 Å². The molecule has 1 saturated carbocycles. The zero-order valence-corrected chi connectivity index (χ0v) is 17.4. The quantitative estimate of drug-likeness (QED) is 0.702. The van der Waals surface area contributed by atoms with Gasteiger partial charge in [-0.1, -0.05) is 49.1 Å². The average Bonchev–Trinajstić information content (AvgIpc) is 3.22. The normalized spacial score (nSPS) is 21.3. The van der Waals surface area contributed by atoms with E-state index in [2.05, 4.69) is 5.32 Å². The van der Waals surface area contributed by atoms with E-state index in [-0.39, 0.29) is 29.8 Å². The Hall–Kier alpha value is -1.59. The molecule has 0 unspecified atom stereocenters. The second-order valence-corrected chi connectivity index (χ2v) is 8.24. The monoisotopic (exact) mass is 406 g/mol. The molecule has 6 heteroatoms. The van der Waals surface area contributed by atoms with Crippen molar-refractivity contribution >= 4 is 23.4 Å². The van der Waals surface area contributed by atoms with Gasteiger partial charge in [0.25, 0.3) is 0 Å². The molecular formula is C22H31ClN2O3. The Morgan fingerprint density at radius 1 is 1.14 bits per heavy atom. The Bertz CT molecular complexity index is 652. The minimum atomic E-state index is -0.682.